The van der Waals surface area contributed by atoms with Gasteiger partial charge in [-0.15, -0.1) is 0 Å². The van der Waals surface area contributed by atoms with Crippen LogP contribution < -0.4 is 14.8 Å². The maximum atomic E-state index is 6.52. The minimum Gasteiger partial charge on any atom is -0.490 e. The number of hydrogen-bond donors (Lipinski definition) is 1. The van der Waals surface area contributed by atoms with E-state index in [1.165, 1.54) is 0 Å². The van der Waals surface area contributed by atoms with Crippen molar-refractivity contribution in [3.8, 4) is 11.5 Å². The molecule has 1 saturated heterocycles. The van der Waals surface area contributed by atoms with Crippen molar-refractivity contribution >= 4 is 23.2 Å². The number of nitrogens with zero attached hydrogens (tertiary/aromatic N) is 1. The van der Waals surface area contributed by atoms with Crippen LogP contribution in [0, 0.1) is 0 Å². The van der Waals surface area contributed by atoms with E-state index < -0.39 is 0 Å². The molecule has 0 aromatic heterocycles. The molecule has 0 radical (unpaired) electrons. The Morgan fingerprint density at radius 2 is 1.87 bits per heavy atom. The molecule has 2 aromatic carbocycles. The van der Waals surface area contributed by atoms with Gasteiger partial charge in [0.1, 0.15) is 6.61 Å². The smallest absolute Gasteiger partial charge is 0.163 e. The molecule has 1 heterocycles. The van der Waals surface area contributed by atoms with E-state index in [1.807, 2.05) is 43.3 Å². The van der Waals surface area contributed by atoms with Crippen molar-refractivity contribution < 1.29 is 14.2 Å². The first kappa shape index (κ1) is 23.2. The number of ether oxygens (including phenoxy) is 3. The Labute approximate surface area is 189 Å². The summed E-state index contributed by atoms with van der Waals surface area (Å²) in [5, 5.41) is 4.84. The molecule has 1 aliphatic rings. The highest BCUT2D eigenvalue weighted by Crippen LogP contribution is 2.34. The van der Waals surface area contributed by atoms with Gasteiger partial charge >= 0.3 is 0 Å². The van der Waals surface area contributed by atoms with E-state index in [1.54, 1.807) is 0 Å². The van der Waals surface area contributed by atoms with Gasteiger partial charge in [0, 0.05) is 35.7 Å². The molecule has 0 bridgehead atoms. The van der Waals surface area contributed by atoms with Gasteiger partial charge in [-0.05, 0) is 55.8 Å². The molecule has 2 aromatic rings. The lowest BCUT2D eigenvalue weighted by atomic mass is 10.2. The molecule has 0 atom stereocenters. The van der Waals surface area contributed by atoms with Gasteiger partial charge in [-0.1, -0.05) is 35.3 Å². The van der Waals surface area contributed by atoms with E-state index in [4.69, 9.17) is 37.4 Å². The molecular weight excluding hydrogens is 423 g/mol. The zero-order valence-electron chi connectivity index (χ0n) is 17.5. The summed E-state index contributed by atoms with van der Waals surface area (Å²) in [7, 11) is 0. The van der Waals surface area contributed by atoms with Gasteiger partial charge in [-0.25, -0.2) is 0 Å². The number of nitrogens with one attached hydrogen (secondary N) is 1. The highest BCUT2D eigenvalue weighted by atomic mass is 35.5. The second-order valence-electron chi connectivity index (χ2n) is 7.23. The number of halogens is 2. The van der Waals surface area contributed by atoms with Gasteiger partial charge in [-0.3, -0.25) is 4.90 Å². The van der Waals surface area contributed by atoms with Crippen molar-refractivity contribution in [2.75, 3.05) is 46.0 Å². The van der Waals surface area contributed by atoms with E-state index in [2.05, 4.69) is 10.2 Å². The zero-order chi connectivity index (χ0) is 21.2. The topological polar surface area (TPSA) is 43.0 Å². The van der Waals surface area contributed by atoms with Gasteiger partial charge in [-0.2, -0.15) is 0 Å². The molecule has 7 heteroatoms. The van der Waals surface area contributed by atoms with E-state index in [-0.39, 0.29) is 0 Å². The van der Waals surface area contributed by atoms with E-state index in [0.717, 1.165) is 56.9 Å². The van der Waals surface area contributed by atoms with Crippen LogP contribution in [-0.2, 0) is 17.9 Å². The molecule has 164 valence electrons. The van der Waals surface area contributed by atoms with Crippen molar-refractivity contribution in [1.29, 1.82) is 0 Å². The first-order valence-corrected chi connectivity index (χ1v) is 11.2. The summed E-state index contributed by atoms with van der Waals surface area (Å²) in [5.41, 5.74) is 1.99. The second-order valence-corrected chi connectivity index (χ2v) is 8.07. The normalized spacial score (nSPS) is 14.6. The number of benzene rings is 2. The zero-order valence-corrected chi connectivity index (χ0v) is 19.0. The average Bonchev–Trinajstić information content (AvgIpc) is 2.75. The Balaban J connectivity index is 1.52. The monoisotopic (exact) mass is 452 g/mol. The Bertz CT molecular complexity index is 798. The number of morpholine rings is 1. The Morgan fingerprint density at radius 3 is 2.63 bits per heavy atom. The van der Waals surface area contributed by atoms with Crippen LogP contribution in [0.1, 0.15) is 24.5 Å². The van der Waals surface area contributed by atoms with Crippen molar-refractivity contribution in [1.82, 2.24) is 10.2 Å². The van der Waals surface area contributed by atoms with Gasteiger partial charge in [0.25, 0.3) is 0 Å². The lowest BCUT2D eigenvalue weighted by Crippen LogP contribution is -2.37. The molecule has 1 aliphatic heterocycles. The van der Waals surface area contributed by atoms with Crippen LogP contribution in [0.25, 0.3) is 0 Å². The third-order valence-corrected chi connectivity index (χ3v) is 5.53. The highest BCUT2D eigenvalue weighted by molar-refractivity contribution is 6.31. The van der Waals surface area contributed by atoms with Gasteiger partial charge in [0.2, 0.25) is 0 Å². The minimum atomic E-state index is 0.399. The summed E-state index contributed by atoms with van der Waals surface area (Å²) >= 11 is 12.6. The van der Waals surface area contributed by atoms with Crippen LogP contribution >= 0.6 is 23.2 Å². The van der Waals surface area contributed by atoms with Gasteiger partial charge < -0.3 is 19.5 Å². The van der Waals surface area contributed by atoms with Crippen LogP contribution in [0.15, 0.2) is 36.4 Å². The maximum absolute atomic E-state index is 6.52. The van der Waals surface area contributed by atoms with Crippen molar-refractivity contribution in [3.63, 3.8) is 0 Å². The predicted octanol–water partition coefficient (Wildman–Crippen LogP) is 4.78. The summed E-state index contributed by atoms with van der Waals surface area (Å²) in [6.45, 7) is 9.37. The van der Waals surface area contributed by atoms with Gasteiger partial charge in [0.05, 0.1) is 19.8 Å². The quantitative estimate of drug-likeness (QED) is 0.496. The third kappa shape index (κ3) is 7.33. The van der Waals surface area contributed by atoms with Crippen molar-refractivity contribution in [2.24, 2.45) is 0 Å². The van der Waals surface area contributed by atoms with Crippen LogP contribution in [0.4, 0.5) is 0 Å². The fraction of sp³-hybridized carbons (Fsp3) is 0.478. The molecular formula is C23H30Cl2N2O3. The van der Waals surface area contributed by atoms with Crippen LogP contribution in [0.2, 0.25) is 10.0 Å². The molecule has 0 spiro atoms. The third-order valence-electron chi connectivity index (χ3n) is 4.94. The van der Waals surface area contributed by atoms with Crippen LogP contribution in [0.5, 0.6) is 11.5 Å². The minimum absolute atomic E-state index is 0.399. The van der Waals surface area contributed by atoms with Crippen LogP contribution in [-0.4, -0.2) is 50.9 Å². The van der Waals surface area contributed by atoms with E-state index in [0.29, 0.717) is 41.3 Å². The fourth-order valence-corrected chi connectivity index (χ4v) is 3.79. The largest absolute Gasteiger partial charge is 0.490 e. The molecule has 1 fully saturated rings. The first-order valence-electron chi connectivity index (χ1n) is 10.5. The molecule has 30 heavy (non-hydrogen) atoms. The number of rotatable bonds is 11. The fourth-order valence-electron chi connectivity index (χ4n) is 3.36. The molecule has 0 unspecified atom stereocenters. The Morgan fingerprint density at radius 1 is 1.07 bits per heavy atom. The lowest BCUT2D eigenvalue weighted by Gasteiger charge is -2.26. The Kier molecular flexibility index (Phi) is 9.56. The molecule has 0 aliphatic carbocycles. The lowest BCUT2D eigenvalue weighted by molar-refractivity contribution is 0.0374. The Hall–Kier alpha value is -1.50. The first-order chi connectivity index (χ1) is 14.7. The SMILES string of the molecule is CCOc1cc(CNCCCN2CCOCC2)c(Cl)cc1OCc1cccc(Cl)c1. The van der Waals surface area contributed by atoms with E-state index >= 15 is 0 Å². The maximum Gasteiger partial charge on any atom is 0.163 e. The van der Waals surface area contributed by atoms with Crippen molar-refractivity contribution in [3.05, 3.63) is 57.6 Å². The molecule has 0 saturated carbocycles. The summed E-state index contributed by atoms with van der Waals surface area (Å²) in [6.07, 6.45) is 1.09. The van der Waals surface area contributed by atoms with E-state index in [9.17, 15) is 0 Å². The molecule has 0 amide bonds. The summed E-state index contributed by atoms with van der Waals surface area (Å²) < 4.78 is 17.2. The second kappa shape index (κ2) is 12.4. The molecule has 1 N–H and O–H groups in total. The summed E-state index contributed by atoms with van der Waals surface area (Å²) in [5.74, 6) is 1.34. The predicted molar refractivity (Wildman–Crippen MR) is 122 cm³/mol. The summed E-state index contributed by atoms with van der Waals surface area (Å²) in [4.78, 5) is 2.44. The van der Waals surface area contributed by atoms with Gasteiger partial charge in [0.15, 0.2) is 11.5 Å². The molecule has 5 nitrogen and oxygen atoms in total. The average molecular weight is 453 g/mol. The number of hydrogen-bond acceptors (Lipinski definition) is 5. The standard InChI is InChI=1S/C23H30Cl2N2O3/c1-2-29-22-14-19(16-26-7-4-8-27-9-11-28-12-10-27)21(25)15-23(22)30-17-18-5-3-6-20(24)13-18/h3,5-6,13-15,26H,2,4,7-12,16-17H2,1H3. The summed E-state index contributed by atoms with van der Waals surface area (Å²) in [6, 6.07) is 11.4. The molecule has 3 rings (SSSR count). The van der Waals surface area contributed by atoms with Crippen LogP contribution in [0.3, 0.4) is 0 Å². The highest BCUT2D eigenvalue weighted by Gasteiger charge is 2.12. The van der Waals surface area contributed by atoms with Crippen molar-refractivity contribution in [2.45, 2.75) is 26.5 Å².